The van der Waals surface area contributed by atoms with Crippen molar-refractivity contribution >= 4 is 17.4 Å². The lowest BCUT2D eigenvalue weighted by molar-refractivity contribution is -0.138. The van der Waals surface area contributed by atoms with Gasteiger partial charge in [-0.15, -0.1) is 0 Å². The Bertz CT molecular complexity index is 949. The summed E-state index contributed by atoms with van der Waals surface area (Å²) in [4.78, 5) is 8.10. The first kappa shape index (κ1) is 19.0. The number of anilines is 1. The molecule has 2 N–H and O–H groups in total. The van der Waals surface area contributed by atoms with Crippen LogP contribution in [0.5, 0.6) is 5.75 Å². The number of pyridine rings is 2. The van der Waals surface area contributed by atoms with E-state index in [9.17, 15) is 13.2 Å². The maximum atomic E-state index is 13.3. The van der Waals surface area contributed by atoms with Crippen LogP contribution in [0.3, 0.4) is 0 Å². The molecule has 0 unspecified atom stereocenters. The average molecular weight is 394 g/mol. The number of rotatable bonds is 4. The number of aromatic nitrogens is 2. The summed E-state index contributed by atoms with van der Waals surface area (Å²) in [7, 11) is 0. The Labute approximate surface area is 158 Å². The third-order valence-electron chi connectivity index (χ3n) is 3.94. The smallest absolute Gasteiger partial charge is 0.416 e. The highest BCUT2D eigenvalue weighted by Crippen LogP contribution is 2.38. The van der Waals surface area contributed by atoms with Gasteiger partial charge in [-0.05, 0) is 37.3 Å². The Morgan fingerprint density at radius 3 is 2.56 bits per heavy atom. The van der Waals surface area contributed by atoms with E-state index in [4.69, 9.17) is 22.1 Å². The molecule has 140 valence electrons. The number of nitrogens with zero attached hydrogens (tertiary/aromatic N) is 2. The van der Waals surface area contributed by atoms with Crippen molar-refractivity contribution in [1.82, 2.24) is 9.97 Å². The molecular formula is C19H15ClF3N3O. The molecular weight excluding hydrogens is 379 g/mol. The molecule has 0 amide bonds. The fourth-order valence-corrected chi connectivity index (χ4v) is 2.80. The number of nitrogens with two attached hydrogens (primary N) is 1. The lowest BCUT2D eigenvalue weighted by Crippen LogP contribution is -2.14. The van der Waals surface area contributed by atoms with Crippen LogP contribution >= 0.6 is 11.6 Å². The van der Waals surface area contributed by atoms with Gasteiger partial charge < -0.3 is 10.5 Å². The highest BCUT2D eigenvalue weighted by atomic mass is 35.5. The van der Waals surface area contributed by atoms with Gasteiger partial charge in [-0.2, -0.15) is 13.2 Å². The van der Waals surface area contributed by atoms with Gasteiger partial charge in [0.05, 0.1) is 5.56 Å². The number of alkyl halides is 3. The van der Waals surface area contributed by atoms with Crippen molar-refractivity contribution in [3.63, 3.8) is 0 Å². The summed E-state index contributed by atoms with van der Waals surface area (Å²) >= 11 is 5.88. The number of hydrogen-bond donors (Lipinski definition) is 1. The van der Waals surface area contributed by atoms with Crippen LogP contribution < -0.4 is 10.5 Å². The van der Waals surface area contributed by atoms with Crippen molar-refractivity contribution in [2.24, 2.45) is 0 Å². The molecule has 0 aliphatic carbocycles. The first-order chi connectivity index (χ1) is 12.8. The van der Waals surface area contributed by atoms with E-state index >= 15 is 0 Å². The van der Waals surface area contributed by atoms with Crippen molar-refractivity contribution in [3.05, 3.63) is 71.1 Å². The molecule has 2 aromatic heterocycles. The van der Waals surface area contributed by atoms with Crippen LogP contribution in [0.2, 0.25) is 5.02 Å². The molecule has 1 aromatic carbocycles. The van der Waals surface area contributed by atoms with Crippen molar-refractivity contribution in [2.75, 3.05) is 5.73 Å². The van der Waals surface area contributed by atoms with Crippen LogP contribution in [0.25, 0.3) is 11.1 Å². The van der Waals surface area contributed by atoms with Crippen molar-refractivity contribution < 1.29 is 17.9 Å². The van der Waals surface area contributed by atoms with Gasteiger partial charge in [-0.25, -0.2) is 4.98 Å². The third kappa shape index (κ3) is 4.31. The van der Waals surface area contributed by atoms with E-state index in [1.807, 2.05) is 6.07 Å². The molecule has 2 heterocycles. The summed E-state index contributed by atoms with van der Waals surface area (Å²) in [5.41, 5.74) is 6.42. The number of halogens is 4. The van der Waals surface area contributed by atoms with Gasteiger partial charge in [0, 0.05) is 40.3 Å². The lowest BCUT2D eigenvalue weighted by atomic mass is 10.0. The summed E-state index contributed by atoms with van der Waals surface area (Å²) in [5, 5.41) is 0.184. The van der Waals surface area contributed by atoms with Crippen LogP contribution in [0, 0.1) is 0 Å². The third-order valence-corrected chi connectivity index (χ3v) is 4.17. The van der Waals surface area contributed by atoms with Gasteiger partial charge in [0.15, 0.2) is 11.6 Å². The van der Waals surface area contributed by atoms with Gasteiger partial charge in [0.2, 0.25) is 0 Å². The molecule has 0 saturated heterocycles. The molecule has 27 heavy (non-hydrogen) atoms. The Morgan fingerprint density at radius 2 is 1.89 bits per heavy atom. The molecule has 0 radical (unpaired) electrons. The summed E-state index contributed by atoms with van der Waals surface area (Å²) < 4.78 is 45.6. The zero-order valence-corrected chi connectivity index (χ0v) is 14.9. The largest absolute Gasteiger partial charge is 0.482 e. The first-order valence-corrected chi connectivity index (χ1v) is 8.32. The summed E-state index contributed by atoms with van der Waals surface area (Å²) in [6.45, 7) is 1.50. The second-order valence-corrected chi connectivity index (χ2v) is 6.27. The predicted octanol–water partition coefficient (Wildman–Crippen LogP) is 5.54. The number of nitrogen functional groups attached to an aromatic ring is 1. The van der Waals surface area contributed by atoms with E-state index in [2.05, 4.69) is 9.97 Å². The topological polar surface area (TPSA) is 61.0 Å². The van der Waals surface area contributed by atoms with Gasteiger partial charge in [0.25, 0.3) is 0 Å². The van der Waals surface area contributed by atoms with E-state index in [1.165, 1.54) is 19.1 Å². The Balaban J connectivity index is 1.95. The van der Waals surface area contributed by atoms with Crippen LogP contribution in [0.1, 0.15) is 24.2 Å². The monoisotopic (exact) mass is 393 g/mol. The van der Waals surface area contributed by atoms with E-state index in [0.717, 1.165) is 11.6 Å². The second kappa shape index (κ2) is 7.44. The summed E-state index contributed by atoms with van der Waals surface area (Å²) in [6.07, 6.45) is -0.665. The van der Waals surface area contributed by atoms with E-state index in [-0.39, 0.29) is 22.2 Å². The molecule has 0 aliphatic rings. The molecule has 4 nitrogen and oxygen atoms in total. The zero-order valence-electron chi connectivity index (χ0n) is 14.2. The van der Waals surface area contributed by atoms with Crippen molar-refractivity contribution in [2.45, 2.75) is 19.2 Å². The standard InChI is InChI=1S/C19H15ClF3N3O/c1-11(15-8-14(20)4-5-16(15)19(21,22)23)27-17-7-13(10-26-18(17)24)12-3-2-6-25-9-12/h2-11H,1H3,(H2,24,26)/t11-/m1/s1. The molecule has 0 fully saturated rings. The van der Waals surface area contributed by atoms with Gasteiger partial charge in [-0.3, -0.25) is 4.98 Å². The molecule has 0 spiro atoms. The summed E-state index contributed by atoms with van der Waals surface area (Å²) in [5.74, 6) is 0.252. The lowest BCUT2D eigenvalue weighted by Gasteiger charge is -2.21. The highest BCUT2D eigenvalue weighted by molar-refractivity contribution is 6.30. The molecule has 1 atom stereocenters. The minimum Gasteiger partial charge on any atom is -0.482 e. The van der Waals surface area contributed by atoms with E-state index < -0.39 is 17.8 Å². The maximum absolute atomic E-state index is 13.3. The fraction of sp³-hybridized carbons (Fsp3) is 0.158. The van der Waals surface area contributed by atoms with Crippen LogP contribution in [0.4, 0.5) is 19.0 Å². The average Bonchev–Trinajstić information content (AvgIpc) is 2.63. The van der Waals surface area contributed by atoms with Crippen LogP contribution in [-0.4, -0.2) is 9.97 Å². The SMILES string of the molecule is C[C@@H](Oc1cc(-c2cccnc2)cnc1N)c1cc(Cl)ccc1C(F)(F)F. The minimum atomic E-state index is -4.53. The fourth-order valence-electron chi connectivity index (χ4n) is 2.62. The number of ether oxygens (including phenoxy) is 1. The molecule has 8 heteroatoms. The Hall–Kier alpha value is -2.80. The van der Waals surface area contributed by atoms with Gasteiger partial charge >= 0.3 is 6.18 Å². The second-order valence-electron chi connectivity index (χ2n) is 5.84. The van der Waals surface area contributed by atoms with Crippen LogP contribution in [-0.2, 0) is 6.18 Å². The molecule has 0 saturated carbocycles. The first-order valence-electron chi connectivity index (χ1n) is 7.95. The van der Waals surface area contributed by atoms with E-state index in [0.29, 0.717) is 5.56 Å². The molecule has 3 aromatic rings. The summed E-state index contributed by atoms with van der Waals surface area (Å²) in [6, 6.07) is 8.57. The predicted molar refractivity (Wildman–Crippen MR) is 97.4 cm³/mol. The maximum Gasteiger partial charge on any atom is 0.416 e. The molecule has 0 bridgehead atoms. The van der Waals surface area contributed by atoms with Gasteiger partial charge in [-0.1, -0.05) is 17.7 Å². The molecule has 3 rings (SSSR count). The van der Waals surface area contributed by atoms with Gasteiger partial charge in [0.1, 0.15) is 6.10 Å². The quantitative estimate of drug-likeness (QED) is 0.632. The van der Waals surface area contributed by atoms with Crippen LogP contribution in [0.15, 0.2) is 55.0 Å². The number of benzene rings is 1. The highest BCUT2D eigenvalue weighted by Gasteiger charge is 2.35. The molecule has 0 aliphatic heterocycles. The Morgan fingerprint density at radius 1 is 1.11 bits per heavy atom. The zero-order chi connectivity index (χ0) is 19.6. The number of hydrogen-bond acceptors (Lipinski definition) is 4. The minimum absolute atomic E-state index is 0.0741. The Kier molecular flexibility index (Phi) is 5.23. The van der Waals surface area contributed by atoms with Crippen molar-refractivity contribution in [3.8, 4) is 16.9 Å². The van der Waals surface area contributed by atoms with Crippen molar-refractivity contribution in [1.29, 1.82) is 0 Å². The van der Waals surface area contributed by atoms with E-state index in [1.54, 1.807) is 30.7 Å². The normalized spacial score (nSPS) is 12.6.